The van der Waals surface area contributed by atoms with Crippen LogP contribution in [0.1, 0.15) is 11.1 Å². The quantitative estimate of drug-likeness (QED) is 0.675. The Labute approximate surface area is 158 Å². The third-order valence-electron chi connectivity index (χ3n) is 4.27. The molecule has 0 amide bonds. The van der Waals surface area contributed by atoms with Gasteiger partial charge in [0, 0.05) is 18.5 Å². The van der Waals surface area contributed by atoms with E-state index in [-0.39, 0.29) is 18.2 Å². The molecule has 0 spiro atoms. The first-order valence-electron chi connectivity index (χ1n) is 8.42. The molecule has 0 radical (unpaired) electrons. The molecule has 0 atom stereocenters. The number of sulfonamides is 1. The van der Waals surface area contributed by atoms with Crippen LogP contribution in [-0.4, -0.2) is 20.2 Å². The Bertz CT molecular complexity index is 1070. The van der Waals surface area contributed by atoms with Gasteiger partial charge in [-0.05, 0) is 48.4 Å². The van der Waals surface area contributed by atoms with Gasteiger partial charge in [-0.2, -0.15) is 0 Å². The van der Waals surface area contributed by atoms with E-state index in [2.05, 4.69) is 4.98 Å². The number of fused-ring (bicyclic) bond motifs is 1. The van der Waals surface area contributed by atoms with E-state index in [1.54, 1.807) is 30.6 Å². The first kappa shape index (κ1) is 17.4. The molecule has 1 aliphatic rings. The molecule has 0 fully saturated rings. The van der Waals surface area contributed by atoms with Gasteiger partial charge in [-0.1, -0.05) is 18.2 Å². The van der Waals surface area contributed by atoms with Crippen molar-refractivity contribution in [1.82, 2.24) is 4.98 Å². The van der Waals surface area contributed by atoms with Crippen molar-refractivity contribution in [3.63, 3.8) is 0 Å². The zero-order chi connectivity index (χ0) is 18.9. The minimum absolute atomic E-state index is 0.0934. The van der Waals surface area contributed by atoms with Crippen molar-refractivity contribution in [2.24, 2.45) is 0 Å². The van der Waals surface area contributed by atoms with Crippen molar-refractivity contribution in [2.45, 2.75) is 18.4 Å². The lowest BCUT2D eigenvalue weighted by Gasteiger charge is -2.25. The standard InChI is InChI=1S/C20H18N2O4S/c1-15-4-2-6-17(10-15)22(13-16-5-3-9-21-12-16)27(23,24)18-7-8-19-20(11-18)26-14-25-19/h2-12H,13-14H2,1H3. The van der Waals surface area contributed by atoms with Crippen LogP contribution in [0.15, 0.2) is 71.9 Å². The topological polar surface area (TPSA) is 68.7 Å². The second kappa shape index (κ2) is 6.92. The third kappa shape index (κ3) is 3.46. The Morgan fingerprint density at radius 3 is 2.67 bits per heavy atom. The van der Waals surface area contributed by atoms with Gasteiger partial charge in [-0.25, -0.2) is 8.42 Å². The van der Waals surface area contributed by atoms with Crippen molar-refractivity contribution < 1.29 is 17.9 Å². The van der Waals surface area contributed by atoms with Gasteiger partial charge in [0.15, 0.2) is 11.5 Å². The number of benzene rings is 2. The maximum absolute atomic E-state index is 13.5. The average Bonchev–Trinajstić information content (AvgIpc) is 3.14. The zero-order valence-electron chi connectivity index (χ0n) is 14.7. The van der Waals surface area contributed by atoms with Gasteiger partial charge in [0.05, 0.1) is 17.1 Å². The summed E-state index contributed by atoms with van der Waals surface area (Å²) < 4.78 is 38.9. The molecule has 0 aliphatic carbocycles. The van der Waals surface area contributed by atoms with Gasteiger partial charge >= 0.3 is 0 Å². The highest BCUT2D eigenvalue weighted by molar-refractivity contribution is 7.92. The highest BCUT2D eigenvalue weighted by atomic mass is 32.2. The Kier molecular flexibility index (Phi) is 4.45. The normalized spacial score (nSPS) is 12.8. The summed E-state index contributed by atoms with van der Waals surface area (Å²) in [7, 11) is -3.82. The fourth-order valence-electron chi connectivity index (χ4n) is 2.92. The molecule has 7 heteroatoms. The van der Waals surface area contributed by atoms with Crippen LogP contribution in [0.3, 0.4) is 0 Å². The smallest absolute Gasteiger partial charge is 0.264 e. The number of anilines is 1. The predicted molar refractivity (Wildman–Crippen MR) is 101 cm³/mol. The highest BCUT2D eigenvalue weighted by Gasteiger charge is 2.27. The van der Waals surface area contributed by atoms with E-state index in [1.807, 2.05) is 31.2 Å². The van der Waals surface area contributed by atoms with E-state index in [1.165, 1.54) is 16.4 Å². The van der Waals surface area contributed by atoms with Gasteiger partial charge in [0.25, 0.3) is 10.0 Å². The van der Waals surface area contributed by atoms with E-state index in [0.717, 1.165) is 11.1 Å². The number of ether oxygens (including phenoxy) is 2. The fourth-order valence-corrected chi connectivity index (χ4v) is 4.38. The van der Waals surface area contributed by atoms with Crippen LogP contribution in [0.4, 0.5) is 5.69 Å². The molecular formula is C20H18N2O4S. The van der Waals surface area contributed by atoms with Crippen LogP contribution < -0.4 is 13.8 Å². The molecule has 0 saturated heterocycles. The molecular weight excluding hydrogens is 364 g/mol. The predicted octanol–water partition coefficient (Wildman–Crippen LogP) is 3.51. The lowest BCUT2D eigenvalue weighted by Crippen LogP contribution is -2.30. The number of aromatic nitrogens is 1. The van der Waals surface area contributed by atoms with Crippen molar-refractivity contribution in [1.29, 1.82) is 0 Å². The highest BCUT2D eigenvalue weighted by Crippen LogP contribution is 2.36. The summed E-state index contributed by atoms with van der Waals surface area (Å²) in [5.41, 5.74) is 2.37. The van der Waals surface area contributed by atoms with Crippen molar-refractivity contribution in [3.8, 4) is 11.5 Å². The first-order valence-corrected chi connectivity index (χ1v) is 9.86. The van der Waals surface area contributed by atoms with Crippen molar-refractivity contribution in [3.05, 3.63) is 78.1 Å². The van der Waals surface area contributed by atoms with Crippen LogP contribution in [0.5, 0.6) is 11.5 Å². The van der Waals surface area contributed by atoms with E-state index < -0.39 is 10.0 Å². The molecule has 6 nitrogen and oxygen atoms in total. The van der Waals surface area contributed by atoms with E-state index in [0.29, 0.717) is 17.2 Å². The number of nitrogens with zero attached hydrogens (tertiary/aromatic N) is 2. The van der Waals surface area contributed by atoms with E-state index in [9.17, 15) is 8.42 Å². The third-order valence-corrected chi connectivity index (χ3v) is 6.04. The van der Waals surface area contributed by atoms with E-state index in [4.69, 9.17) is 9.47 Å². The minimum atomic E-state index is -3.82. The Morgan fingerprint density at radius 2 is 1.89 bits per heavy atom. The Balaban J connectivity index is 1.79. The molecule has 4 rings (SSSR count). The summed E-state index contributed by atoms with van der Waals surface area (Å²) in [6.45, 7) is 2.20. The maximum Gasteiger partial charge on any atom is 0.264 e. The summed E-state index contributed by atoms with van der Waals surface area (Å²) >= 11 is 0. The number of aryl methyl sites for hydroxylation is 1. The number of hydrogen-bond acceptors (Lipinski definition) is 5. The van der Waals surface area contributed by atoms with Gasteiger partial charge in [-0.15, -0.1) is 0 Å². The van der Waals surface area contributed by atoms with Crippen LogP contribution >= 0.6 is 0 Å². The Morgan fingerprint density at radius 1 is 1.04 bits per heavy atom. The van der Waals surface area contributed by atoms with Crippen molar-refractivity contribution >= 4 is 15.7 Å². The van der Waals surface area contributed by atoms with Gasteiger partial charge in [0.1, 0.15) is 0 Å². The lowest BCUT2D eigenvalue weighted by molar-refractivity contribution is 0.174. The van der Waals surface area contributed by atoms with E-state index >= 15 is 0 Å². The largest absolute Gasteiger partial charge is 0.454 e. The molecule has 2 aromatic carbocycles. The summed E-state index contributed by atoms with van der Waals surface area (Å²) in [6, 6.07) is 15.7. The first-order chi connectivity index (χ1) is 13.0. The Hall–Kier alpha value is -3.06. The van der Waals surface area contributed by atoms with Crippen LogP contribution in [-0.2, 0) is 16.6 Å². The molecule has 1 aromatic heterocycles. The lowest BCUT2D eigenvalue weighted by atomic mass is 10.2. The molecule has 0 saturated carbocycles. The average molecular weight is 382 g/mol. The minimum Gasteiger partial charge on any atom is -0.454 e. The summed E-state index contributed by atoms with van der Waals surface area (Å²) in [5.74, 6) is 0.977. The second-order valence-electron chi connectivity index (χ2n) is 6.23. The van der Waals surface area contributed by atoms with Crippen molar-refractivity contribution in [2.75, 3.05) is 11.1 Å². The second-order valence-corrected chi connectivity index (χ2v) is 8.09. The molecule has 138 valence electrons. The van der Waals surface area contributed by atoms with Gasteiger partial charge in [-0.3, -0.25) is 9.29 Å². The maximum atomic E-state index is 13.5. The summed E-state index contributed by atoms with van der Waals surface area (Å²) in [6.07, 6.45) is 3.32. The SMILES string of the molecule is Cc1cccc(N(Cc2cccnc2)S(=O)(=O)c2ccc3c(c2)OCO3)c1. The number of pyridine rings is 1. The fraction of sp³-hybridized carbons (Fsp3) is 0.150. The zero-order valence-corrected chi connectivity index (χ0v) is 15.5. The van der Waals surface area contributed by atoms with Gasteiger partial charge < -0.3 is 9.47 Å². The molecule has 27 heavy (non-hydrogen) atoms. The molecule has 0 unspecified atom stereocenters. The van der Waals surface area contributed by atoms with Crippen LogP contribution in [0.2, 0.25) is 0 Å². The molecule has 2 heterocycles. The molecule has 0 N–H and O–H groups in total. The summed E-state index contributed by atoms with van der Waals surface area (Å²) in [5, 5.41) is 0. The van der Waals surface area contributed by atoms with Crippen LogP contribution in [0.25, 0.3) is 0 Å². The molecule has 0 bridgehead atoms. The van der Waals surface area contributed by atoms with Crippen LogP contribution in [0, 0.1) is 6.92 Å². The molecule has 3 aromatic rings. The number of hydrogen-bond donors (Lipinski definition) is 0. The molecule has 1 aliphatic heterocycles. The monoisotopic (exact) mass is 382 g/mol. The van der Waals surface area contributed by atoms with Gasteiger partial charge in [0.2, 0.25) is 6.79 Å². The summed E-state index contributed by atoms with van der Waals surface area (Å²) in [4.78, 5) is 4.24. The number of rotatable bonds is 5.